The first-order valence-electron chi connectivity index (χ1n) is 7.81. The number of hydrogen-bond acceptors (Lipinski definition) is 4. The van der Waals surface area contributed by atoms with Crippen LogP contribution in [-0.4, -0.2) is 42.3 Å². The number of ether oxygens (including phenoxy) is 2. The van der Waals surface area contributed by atoms with Gasteiger partial charge in [0.2, 0.25) is 0 Å². The summed E-state index contributed by atoms with van der Waals surface area (Å²) in [4.78, 5) is 17.0. The van der Waals surface area contributed by atoms with Gasteiger partial charge in [-0.2, -0.15) is 0 Å². The minimum absolute atomic E-state index is 0.155. The quantitative estimate of drug-likeness (QED) is 0.826. The third kappa shape index (κ3) is 3.43. The van der Waals surface area contributed by atoms with E-state index in [-0.39, 0.29) is 5.91 Å². The molecular weight excluding hydrogens is 294 g/mol. The fourth-order valence-electron chi connectivity index (χ4n) is 2.69. The van der Waals surface area contributed by atoms with E-state index >= 15 is 0 Å². The van der Waals surface area contributed by atoms with Gasteiger partial charge in [0.25, 0.3) is 5.91 Å². The summed E-state index contributed by atoms with van der Waals surface area (Å²) in [6.45, 7) is 2.96. The number of methoxy groups -OCH3 is 1. The average molecular weight is 315 g/mol. The normalized spacial score (nSPS) is 13.6. The number of nitrogens with one attached hydrogen (secondary N) is 1. The van der Waals surface area contributed by atoms with Gasteiger partial charge in [-0.3, -0.25) is 4.79 Å². The molecule has 1 aromatic heterocycles. The Balaban J connectivity index is 1.86. The number of benzene rings is 1. The third-order valence-corrected chi connectivity index (χ3v) is 3.83. The van der Waals surface area contributed by atoms with Crippen LogP contribution in [0.2, 0.25) is 0 Å². The van der Waals surface area contributed by atoms with Gasteiger partial charge in [0.1, 0.15) is 5.82 Å². The molecule has 1 amide bonds. The molecule has 0 spiro atoms. The number of carbonyl (C=O) groups is 1. The van der Waals surface area contributed by atoms with E-state index in [4.69, 9.17) is 9.47 Å². The second kappa shape index (κ2) is 7.39. The number of hydrogen-bond donors (Lipinski definition) is 1. The summed E-state index contributed by atoms with van der Waals surface area (Å²) in [6, 6.07) is 9.92. The second-order valence-corrected chi connectivity index (χ2v) is 5.40. The minimum atomic E-state index is -0.155. The van der Waals surface area contributed by atoms with Gasteiger partial charge in [0.15, 0.2) is 5.69 Å². The van der Waals surface area contributed by atoms with Gasteiger partial charge in [-0.05, 0) is 6.42 Å². The van der Waals surface area contributed by atoms with E-state index in [1.165, 1.54) is 0 Å². The highest BCUT2D eigenvalue weighted by atomic mass is 16.5. The predicted molar refractivity (Wildman–Crippen MR) is 86.1 cm³/mol. The van der Waals surface area contributed by atoms with E-state index in [9.17, 15) is 4.79 Å². The molecular formula is C17H21N3O3. The smallest absolute Gasteiger partial charge is 0.271 e. The van der Waals surface area contributed by atoms with Crippen molar-refractivity contribution in [2.75, 3.05) is 26.9 Å². The van der Waals surface area contributed by atoms with E-state index < -0.39 is 0 Å². The van der Waals surface area contributed by atoms with Gasteiger partial charge < -0.3 is 19.4 Å². The molecule has 0 saturated heterocycles. The summed E-state index contributed by atoms with van der Waals surface area (Å²) in [6.07, 6.45) is 0.778. The standard InChI is InChI=1S/C17H21N3O3/c1-22-10-5-8-18-17(21)15-14-12-23-11-9-20(14)16(19-15)13-6-3-2-4-7-13/h2-4,6-7H,5,8-12H2,1H3,(H,18,21). The molecule has 1 aliphatic rings. The van der Waals surface area contributed by atoms with Crippen molar-refractivity contribution in [1.82, 2.24) is 14.9 Å². The Morgan fingerprint density at radius 1 is 1.39 bits per heavy atom. The first kappa shape index (κ1) is 15.7. The molecule has 3 rings (SSSR count). The maximum atomic E-state index is 12.4. The van der Waals surface area contributed by atoms with Crippen molar-refractivity contribution in [3.8, 4) is 11.4 Å². The zero-order valence-electron chi connectivity index (χ0n) is 13.2. The second-order valence-electron chi connectivity index (χ2n) is 5.40. The van der Waals surface area contributed by atoms with E-state index in [1.807, 2.05) is 30.3 Å². The fourth-order valence-corrected chi connectivity index (χ4v) is 2.69. The van der Waals surface area contributed by atoms with Crippen molar-refractivity contribution in [2.24, 2.45) is 0 Å². The highest BCUT2D eigenvalue weighted by Gasteiger charge is 2.25. The SMILES string of the molecule is COCCCNC(=O)c1nc(-c2ccccc2)n2c1COCC2. The van der Waals surface area contributed by atoms with E-state index in [1.54, 1.807) is 7.11 Å². The lowest BCUT2D eigenvalue weighted by molar-refractivity contribution is 0.0815. The Bertz CT molecular complexity index is 667. The summed E-state index contributed by atoms with van der Waals surface area (Å²) < 4.78 is 12.6. The largest absolute Gasteiger partial charge is 0.385 e. The molecule has 2 heterocycles. The molecule has 6 heteroatoms. The lowest BCUT2D eigenvalue weighted by Gasteiger charge is -2.18. The Morgan fingerprint density at radius 3 is 3.00 bits per heavy atom. The topological polar surface area (TPSA) is 65.4 Å². The number of imidazole rings is 1. The minimum Gasteiger partial charge on any atom is -0.385 e. The van der Waals surface area contributed by atoms with Crippen LogP contribution >= 0.6 is 0 Å². The first-order valence-corrected chi connectivity index (χ1v) is 7.81. The third-order valence-electron chi connectivity index (χ3n) is 3.83. The molecule has 0 fully saturated rings. The van der Waals surface area contributed by atoms with Crippen molar-refractivity contribution in [3.05, 3.63) is 41.7 Å². The molecule has 0 bridgehead atoms. The van der Waals surface area contributed by atoms with Gasteiger partial charge >= 0.3 is 0 Å². The maximum Gasteiger partial charge on any atom is 0.271 e. The number of nitrogens with zero attached hydrogens (tertiary/aromatic N) is 2. The molecule has 0 atom stereocenters. The van der Waals surface area contributed by atoms with Crippen LogP contribution in [0, 0.1) is 0 Å². The fraction of sp³-hybridized carbons (Fsp3) is 0.412. The molecule has 0 aliphatic carbocycles. The van der Waals surface area contributed by atoms with Gasteiger partial charge in [-0.25, -0.2) is 4.98 Å². The Morgan fingerprint density at radius 2 is 2.22 bits per heavy atom. The van der Waals surface area contributed by atoms with Crippen molar-refractivity contribution >= 4 is 5.91 Å². The monoisotopic (exact) mass is 315 g/mol. The van der Waals surface area contributed by atoms with Crippen LogP contribution in [0.15, 0.2) is 30.3 Å². The van der Waals surface area contributed by atoms with E-state index in [0.717, 1.165) is 23.5 Å². The molecule has 2 aromatic rings. The molecule has 1 aromatic carbocycles. The molecule has 1 aliphatic heterocycles. The van der Waals surface area contributed by atoms with Gasteiger partial charge in [0.05, 0.1) is 18.9 Å². The van der Waals surface area contributed by atoms with Crippen LogP contribution in [0.3, 0.4) is 0 Å². The van der Waals surface area contributed by atoms with E-state index in [0.29, 0.717) is 38.6 Å². The lowest BCUT2D eigenvalue weighted by atomic mass is 10.2. The molecule has 0 unspecified atom stereocenters. The summed E-state index contributed by atoms with van der Waals surface area (Å²) in [5.41, 5.74) is 2.31. The molecule has 1 N–H and O–H groups in total. The van der Waals surface area contributed by atoms with Crippen molar-refractivity contribution < 1.29 is 14.3 Å². The van der Waals surface area contributed by atoms with Gasteiger partial charge in [-0.1, -0.05) is 30.3 Å². The van der Waals surface area contributed by atoms with Gasteiger partial charge in [0, 0.05) is 32.4 Å². The Hall–Kier alpha value is -2.18. The lowest BCUT2D eigenvalue weighted by Crippen LogP contribution is -2.27. The molecule has 0 radical (unpaired) electrons. The maximum absolute atomic E-state index is 12.4. The Labute approximate surface area is 135 Å². The molecule has 23 heavy (non-hydrogen) atoms. The predicted octanol–water partition coefficient (Wildman–Crippen LogP) is 1.85. The number of rotatable bonds is 6. The van der Waals surface area contributed by atoms with Crippen LogP contribution < -0.4 is 5.32 Å². The van der Waals surface area contributed by atoms with Gasteiger partial charge in [-0.15, -0.1) is 0 Å². The zero-order chi connectivity index (χ0) is 16.1. The summed E-state index contributed by atoms with van der Waals surface area (Å²) in [7, 11) is 1.65. The van der Waals surface area contributed by atoms with Crippen LogP contribution in [0.4, 0.5) is 0 Å². The van der Waals surface area contributed by atoms with Crippen LogP contribution in [0.5, 0.6) is 0 Å². The zero-order valence-corrected chi connectivity index (χ0v) is 13.2. The van der Waals surface area contributed by atoms with Crippen LogP contribution in [0.25, 0.3) is 11.4 Å². The first-order chi connectivity index (χ1) is 11.3. The highest BCUT2D eigenvalue weighted by Crippen LogP contribution is 2.25. The summed E-state index contributed by atoms with van der Waals surface area (Å²) >= 11 is 0. The molecule has 122 valence electrons. The molecule has 6 nitrogen and oxygen atoms in total. The summed E-state index contributed by atoms with van der Waals surface area (Å²) in [5.74, 6) is 0.670. The molecule has 0 saturated carbocycles. The van der Waals surface area contributed by atoms with Crippen LogP contribution in [-0.2, 0) is 22.6 Å². The number of carbonyl (C=O) groups excluding carboxylic acids is 1. The average Bonchev–Trinajstić information content (AvgIpc) is 2.99. The van der Waals surface area contributed by atoms with Crippen LogP contribution in [0.1, 0.15) is 22.6 Å². The summed E-state index contributed by atoms with van der Waals surface area (Å²) in [5, 5.41) is 2.90. The number of fused-ring (bicyclic) bond motifs is 1. The Kier molecular flexibility index (Phi) is 5.05. The number of amides is 1. The van der Waals surface area contributed by atoms with Crippen molar-refractivity contribution in [2.45, 2.75) is 19.6 Å². The van der Waals surface area contributed by atoms with Crippen molar-refractivity contribution in [1.29, 1.82) is 0 Å². The van der Waals surface area contributed by atoms with Crippen molar-refractivity contribution in [3.63, 3.8) is 0 Å². The van der Waals surface area contributed by atoms with E-state index in [2.05, 4.69) is 14.9 Å². The highest BCUT2D eigenvalue weighted by molar-refractivity contribution is 5.94. The number of aromatic nitrogens is 2.